The number of hydrogen-bond acceptors (Lipinski definition) is 2. The molecule has 0 spiro atoms. The minimum atomic E-state index is 0.674. The maximum absolute atomic E-state index is 3.57. The van der Waals surface area contributed by atoms with Crippen LogP contribution in [0.4, 0.5) is 0 Å². The summed E-state index contributed by atoms with van der Waals surface area (Å²) >= 11 is 0. The third kappa shape index (κ3) is 4.42. The Bertz CT molecular complexity index is 180. The van der Waals surface area contributed by atoms with Gasteiger partial charge in [-0.2, -0.15) is 0 Å². The van der Waals surface area contributed by atoms with Crippen LogP contribution in [0.2, 0.25) is 0 Å². The standard InChI is InChI=1S/C14H30N2/c1-5-9-15-13(4)8-11-16-10-6-7-14(16)12(2)3/h12-15H,5-11H2,1-4H3. The lowest BCUT2D eigenvalue weighted by Gasteiger charge is -2.28. The molecule has 0 bridgehead atoms. The van der Waals surface area contributed by atoms with Crippen molar-refractivity contribution in [1.29, 1.82) is 0 Å². The maximum atomic E-state index is 3.57. The number of hydrogen-bond donors (Lipinski definition) is 1. The van der Waals surface area contributed by atoms with E-state index in [1.54, 1.807) is 0 Å². The zero-order valence-electron chi connectivity index (χ0n) is 11.6. The Morgan fingerprint density at radius 3 is 2.69 bits per heavy atom. The fourth-order valence-corrected chi connectivity index (χ4v) is 2.74. The van der Waals surface area contributed by atoms with Crippen LogP contribution in [0.25, 0.3) is 0 Å². The number of nitrogens with one attached hydrogen (secondary N) is 1. The van der Waals surface area contributed by atoms with Crippen molar-refractivity contribution in [2.45, 2.75) is 65.5 Å². The maximum Gasteiger partial charge on any atom is 0.0119 e. The van der Waals surface area contributed by atoms with Gasteiger partial charge in [0, 0.05) is 12.1 Å². The van der Waals surface area contributed by atoms with Crippen LogP contribution in [-0.4, -0.2) is 36.6 Å². The highest BCUT2D eigenvalue weighted by molar-refractivity contribution is 4.82. The summed E-state index contributed by atoms with van der Waals surface area (Å²) in [6.07, 6.45) is 5.35. The molecule has 0 saturated carbocycles. The number of likely N-dealkylation sites (tertiary alicyclic amines) is 1. The van der Waals surface area contributed by atoms with Gasteiger partial charge in [-0.3, -0.25) is 0 Å². The van der Waals surface area contributed by atoms with Crippen LogP contribution in [0, 0.1) is 5.92 Å². The van der Waals surface area contributed by atoms with Gasteiger partial charge in [0.05, 0.1) is 0 Å². The van der Waals surface area contributed by atoms with Crippen LogP contribution in [-0.2, 0) is 0 Å². The highest BCUT2D eigenvalue weighted by atomic mass is 15.2. The fraction of sp³-hybridized carbons (Fsp3) is 1.00. The van der Waals surface area contributed by atoms with Gasteiger partial charge in [-0.15, -0.1) is 0 Å². The zero-order chi connectivity index (χ0) is 12.0. The molecule has 1 rings (SSSR count). The van der Waals surface area contributed by atoms with Gasteiger partial charge >= 0.3 is 0 Å². The molecule has 0 aromatic rings. The molecule has 1 heterocycles. The molecule has 1 aliphatic rings. The molecule has 1 N–H and O–H groups in total. The Balaban J connectivity index is 2.20. The van der Waals surface area contributed by atoms with Crippen LogP contribution in [0.15, 0.2) is 0 Å². The van der Waals surface area contributed by atoms with Gasteiger partial charge in [0.1, 0.15) is 0 Å². The molecular formula is C14H30N2. The van der Waals surface area contributed by atoms with E-state index in [1.165, 1.54) is 38.8 Å². The van der Waals surface area contributed by atoms with Crippen molar-refractivity contribution < 1.29 is 0 Å². The lowest BCUT2D eigenvalue weighted by Crippen LogP contribution is -2.37. The quantitative estimate of drug-likeness (QED) is 0.718. The molecule has 1 fully saturated rings. The van der Waals surface area contributed by atoms with Crippen LogP contribution in [0.3, 0.4) is 0 Å². The second kappa shape index (κ2) is 7.29. The van der Waals surface area contributed by atoms with Gasteiger partial charge < -0.3 is 10.2 Å². The molecule has 2 nitrogen and oxygen atoms in total. The number of nitrogens with zero attached hydrogens (tertiary/aromatic N) is 1. The predicted octanol–water partition coefficient (Wildman–Crippen LogP) is 2.89. The molecule has 0 amide bonds. The SMILES string of the molecule is CCCNC(C)CCN1CCCC1C(C)C. The summed E-state index contributed by atoms with van der Waals surface area (Å²) in [4.78, 5) is 2.70. The zero-order valence-corrected chi connectivity index (χ0v) is 11.6. The molecule has 1 saturated heterocycles. The van der Waals surface area contributed by atoms with E-state index in [0.717, 1.165) is 18.5 Å². The van der Waals surface area contributed by atoms with Gasteiger partial charge in [-0.05, 0) is 58.2 Å². The minimum absolute atomic E-state index is 0.674. The Morgan fingerprint density at radius 1 is 1.31 bits per heavy atom. The molecule has 0 aliphatic carbocycles. The van der Waals surface area contributed by atoms with Crippen molar-refractivity contribution in [3.8, 4) is 0 Å². The third-order valence-electron chi connectivity index (χ3n) is 3.78. The molecule has 1 aliphatic heterocycles. The van der Waals surface area contributed by atoms with Crippen molar-refractivity contribution in [1.82, 2.24) is 10.2 Å². The summed E-state index contributed by atoms with van der Waals surface area (Å²) < 4.78 is 0. The van der Waals surface area contributed by atoms with E-state index in [-0.39, 0.29) is 0 Å². The van der Waals surface area contributed by atoms with Crippen molar-refractivity contribution in [3.05, 3.63) is 0 Å². The van der Waals surface area contributed by atoms with Crippen LogP contribution >= 0.6 is 0 Å². The van der Waals surface area contributed by atoms with E-state index < -0.39 is 0 Å². The van der Waals surface area contributed by atoms with E-state index in [0.29, 0.717) is 6.04 Å². The molecular weight excluding hydrogens is 196 g/mol. The van der Waals surface area contributed by atoms with Gasteiger partial charge in [0.25, 0.3) is 0 Å². The monoisotopic (exact) mass is 226 g/mol. The Labute approximate surface area is 102 Å². The first-order valence-corrected chi connectivity index (χ1v) is 7.12. The fourth-order valence-electron chi connectivity index (χ4n) is 2.74. The molecule has 96 valence electrons. The lowest BCUT2D eigenvalue weighted by atomic mass is 10.0. The van der Waals surface area contributed by atoms with E-state index in [1.807, 2.05) is 0 Å². The molecule has 2 heteroatoms. The van der Waals surface area contributed by atoms with Crippen molar-refractivity contribution in [2.75, 3.05) is 19.6 Å². The second-order valence-corrected chi connectivity index (χ2v) is 5.63. The smallest absolute Gasteiger partial charge is 0.0119 e. The molecule has 0 aromatic heterocycles. The van der Waals surface area contributed by atoms with Crippen molar-refractivity contribution in [3.63, 3.8) is 0 Å². The van der Waals surface area contributed by atoms with Gasteiger partial charge in [-0.1, -0.05) is 20.8 Å². The van der Waals surface area contributed by atoms with Crippen LogP contribution < -0.4 is 5.32 Å². The first-order chi connectivity index (χ1) is 7.65. The predicted molar refractivity (Wildman–Crippen MR) is 71.8 cm³/mol. The average molecular weight is 226 g/mol. The van der Waals surface area contributed by atoms with Crippen molar-refractivity contribution >= 4 is 0 Å². The van der Waals surface area contributed by atoms with E-state index in [9.17, 15) is 0 Å². The first kappa shape index (κ1) is 14.0. The van der Waals surface area contributed by atoms with Crippen LogP contribution in [0.5, 0.6) is 0 Å². The van der Waals surface area contributed by atoms with E-state index in [2.05, 4.69) is 37.9 Å². The molecule has 0 radical (unpaired) electrons. The largest absolute Gasteiger partial charge is 0.314 e. The van der Waals surface area contributed by atoms with E-state index in [4.69, 9.17) is 0 Å². The summed E-state index contributed by atoms with van der Waals surface area (Å²) in [5.74, 6) is 0.821. The third-order valence-corrected chi connectivity index (χ3v) is 3.78. The van der Waals surface area contributed by atoms with Crippen molar-refractivity contribution in [2.24, 2.45) is 5.92 Å². The van der Waals surface area contributed by atoms with Gasteiger partial charge in [0.15, 0.2) is 0 Å². The van der Waals surface area contributed by atoms with Gasteiger partial charge in [0.2, 0.25) is 0 Å². The Kier molecular flexibility index (Phi) is 6.37. The average Bonchev–Trinajstić information content (AvgIpc) is 2.71. The molecule has 2 atom stereocenters. The first-order valence-electron chi connectivity index (χ1n) is 7.12. The topological polar surface area (TPSA) is 15.3 Å². The summed E-state index contributed by atoms with van der Waals surface area (Å²) in [5, 5.41) is 3.57. The lowest BCUT2D eigenvalue weighted by molar-refractivity contribution is 0.198. The normalized spacial score (nSPS) is 24.2. The summed E-state index contributed by atoms with van der Waals surface area (Å²) in [7, 11) is 0. The van der Waals surface area contributed by atoms with E-state index >= 15 is 0 Å². The molecule has 0 aromatic carbocycles. The highest BCUT2D eigenvalue weighted by Crippen LogP contribution is 2.23. The Hall–Kier alpha value is -0.0800. The van der Waals surface area contributed by atoms with Crippen LogP contribution in [0.1, 0.15) is 53.4 Å². The second-order valence-electron chi connectivity index (χ2n) is 5.63. The highest BCUT2D eigenvalue weighted by Gasteiger charge is 2.26. The minimum Gasteiger partial charge on any atom is -0.314 e. The summed E-state index contributed by atoms with van der Waals surface area (Å²) in [5.41, 5.74) is 0. The Morgan fingerprint density at radius 2 is 2.06 bits per heavy atom. The summed E-state index contributed by atoms with van der Waals surface area (Å²) in [6.45, 7) is 13.0. The summed E-state index contributed by atoms with van der Waals surface area (Å²) in [6, 6.07) is 1.52. The number of rotatable bonds is 7. The molecule has 16 heavy (non-hydrogen) atoms. The van der Waals surface area contributed by atoms with Gasteiger partial charge in [-0.25, -0.2) is 0 Å². The molecule has 2 unspecified atom stereocenters.